The summed E-state index contributed by atoms with van der Waals surface area (Å²) in [6.07, 6.45) is 0.104. The molecule has 7 heteroatoms. The second-order valence-corrected chi connectivity index (χ2v) is 6.61. The van der Waals surface area contributed by atoms with Crippen molar-refractivity contribution in [3.05, 3.63) is 17.1 Å². The van der Waals surface area contributed by atoms with Crippen molar-refractivity contribution in [1.82, 2.24) is 14.9 Å². The lowest BCUT2D eigenvalue weighted by Gasteiger charge is -2.41. The predicted molar refractivity (Wildman–Crippen MR) is 82.7 cm³/mol. The van der Waals surface area contributed by atoms with Gasteiger partial charge in [-0.2, -0.15) is 13.2 Å². The molecule has 1 aromatic rings. The summed E-state index contributed by atoms with van der Waals surface area (Å²) in [4.78, 5) is 12.8. The predicted octanol–water partition coefficient (Wildman–Crippen LogP) is 2.74. The van der Waals surface area contributed by atoms with Crippen LogP contribution in [-0.2, 0) is 12.8 Å². The van der Waals surface area contributed by atoms with Gasteiger partial charge < -0.3 is 4.90 Å². The largest absolute Gasteiger partial charge is 0.401 e. The van der Waals surface area contributed by atoms with Crippen molar-refractivity contribution in [3.63, 3.8) is 0 Å². The average Bonchev–Trinajstić information content (AvgIpc) is 2.47. The van der Waals surface area contributed by atoms with Gasteiger partial charge in [0.1, 0.15) is 11.6 Å². The van der Waals surface area contributed by atoms with Crippen LogP contribution in [-0.4, -0.2) is 53.3 Å². The van der Waals surface area contributed by atoms with Crippen LogP contribution in [0.5, 0.6) is 0 Å². The summed E-state index contributed by atoms with van der Waals surface area (Å²) >= 11 is 0. The second-order valence-electron chi connectivity index (χ2n) is 6.61. The number of nitrogens with zero attached hydrogens (tertiary/aromatic N) is 4. The van der Waals surface area contributed by atoms with Crippen molar-refractivity contribution in [2.75, 3.05) is 31.1 Å². The van der Waals surface area contributed by atoms with Gasteiger partial charge in [-0.25, -0.2) is 9.97 Å². The maximum atomic E-state index is 12.6. The van der Waals surface area contributed by atoms with E-state index in [1.165, 1.54) is 10.5 Å². The van der Waals surface area contributed by atoms with E-state index in [2.05, 4.69) is 14.9 Å². The fourth-order valence-electron chi connectivity index (χ4n) is 3.61. The standard InChI is InChI=1S/C16H23F3N4/c1-11-9-22(7-8-23(11)10-16(17,18)19)15-13-5-3-4-6-14(13)20-12(2)21-15/h11H,3-10H2,1-2H3. The van der Waals surface area contributed by atoms with Crippen LogP contribution in [0.1, 0.15) is 36.8 Å². The van der Waals surface area contributed by atoms with E-state index in [1.807, 2.05) is 13.8 Å². The number of halogens is 3. The molecular weight excluding hydrogens is 305 g/mol. The highest BCUT2D eigenvalue weighted by Gasteiger charge is 2.36. The van der Waals surface area contributed by atoms with Crippen LogP contribution in [0.25, 0.3) is 0 Å². The Balaban J connectivity index is 1.78. The molecule has 1 atom stereocenters. The van der Waals surface area contributed by atoms with Crippen molar-refractivity contribution in [2.24, 2.45) is 0 Å². The fourth-order valence-corrected chi connectivity index (χ4v) is 3.61. The highest BCUT2D eigenvalue weighted by atomic mass is 19.4. The van der Waals surface area contributed by atoms with Crippen LogP contribution in [0, 0.1) is 6.92 Å². The second kappa shape index (κ2) is 6.26. The van der Waals surface area contributed by atoms with Crippen LogP contribution >= 0.6 is 0 Å². The monoisotopic (exact) mass is 328 g/mol. The zero-order valence-corrected chi connectivity index (χ0v) is 13.7. The summed E-state index contributed by atoms with van der Waals surface area (Å²) in [5, 5.41) is 0. The molecule has 1 fully saturated rings. The Morgan fingerprint density at radius 1 is 1.13 bits per heavy atom. The molecule has 1 aromatic heterocycles. The third-order valence-electron chi connectivity index (χ3n) is 4.72. The van der Waals surface area contributed by atoms with Gasteiger partial charge in [0.05, 0.1) is 6.54 Å². The smallest absolute Gasteiger partial charge is 0.353 e. The quantitative estimate of drug-likeness (QED) is 0.836. The number of anilines is 1. The summed E-state index contributed by atoms with van der Waals surface area (Å²) in [5.41, 5.74) is 2.34. The van der Waals surface area contributed by atoms with E-state index in [1.54, 1.807) is 0 Å². The summed E-state index contributed by atoms with van der Waals surface area (Å²) in [5.74, 6) is 1.71. The minimum atomic E-state index is -4.14. The van der Waals surface area contributed by atoms with E-state index < -0.39 is 12.7 Å². The first kappa shape index (κ1) is 16.5. The molecule has 0 saturated carbocycles. The van der Waals surface area contributed by atoms with Crippen molar-refractivity contribution < 1.29 is 13.2 Å². The zero-order chi connectivity index (χ0) is 16.6. The number of aryl methyl sites for hydroxylation is 2. The van der Waals surface area contributed by atoms with Gasteiger partial charge >= 0.3 is 6.18 Å². The van der Waals surface area contributed by atoms with Crippen molar-refractivity contribution in [2.45, 2.75) is 51.7 Å². The molecule has 1 unspecified atom stereocenters. The number of hydrogen-bond donors (Lipinski definition) is 0. The minimum Gasteiger partial charge on any atom is -0.353 e. The molecule has 0 bridgehead atoms. The van der Waals surface area contributed by atoms with Crippen LogP contribution in [0.4, 0.5) is 19.0 Å². The average molecular weight is 328 g/mol. The first-order valence-corrected chi connectivity index (χ1v) is 8.25. The molecule has 4 nitrogen and oxygen atoms in total. The van der Waals surface area contributed by atoms with Gasteiger partial charge in [0.15, 0.2) is 0 Å². The van der Waals surface area contributed by atoms with Crippen LogP contribution in [0.3, 0.4) is 0 Å². The summed E-state index contributed by atoms with van der Waals surface area (Å²) in [6, 6.07) is -0.139. The topological polar surface area (TPSA) is 32.3 Å². The Bertz CT molecular complexity index is 573. The number of hydrogen-bond acceptors (Lipinski definition) is 4. The molecule has 3 rings (SSSR count). The number of alkyl halides is 3. The normalized spacial score (nSPS) is 23.0. The van der Waals surface area contributed by atoms with Gasteiger partial charge in [0, 0.05) is 36.9 Å². The molecule has 0 aromatic carbocycles. The maximum Gasteiger partial charge on any atom is 0.401 e. The molecular formula is C16H23F3N4. The number of rotatable bonds is 2. The number of piperazine rings is 1. The van der Waals surface area contributed by atoms with Gasteiger partial charge in [0.2, 0.25) is 0 Å². The van der Waals surface area contributed by atoms with Gasteiger partial charge in [-0.1, -0.05) is 0 Å². The molecule has 2 aliphatic rings. The molecule has 0 radical (unpaired) electrons. The van der Waals surface area contributed by atoms with E-state index in [9.17, 15) is 13.2 Å². The Kier molecular flexibility index (Phi) is 4.49. The van der Waals surface area contributed by atoms with Crippen molar-refractivity contribution in [1.29, 1.82) is 0 Å². The molecule has 0 N–H and O–H groups in total. The van der Waals surface area contributed by atoms with Crippen molar-refractivity contribution >= 4 is 5.82 Å². The van der Waals surface area contributed by atoms with E-state index >= 15 is 0 Å². The fraction of sp³-hybridized carbons (Fsp3) is 0.750. The zero-order valence-electron chi connectivity index (χ0n) is 13.7. The van der Waals surface area contributed by atoms with Crippen LogP contribution in [0.2, 0.25) is 0 Å². The van der Waals surface area contributed by atoms with Gasteiger partial charge in [-0.05, 0) is 39.5 Å². The molecule has 23 heavy (non-hydrogen) atoms. The van der Waals surface area contributed by atoms with Crippen LogP contribution in [0.15, 0.2) is 0 Å². The Labute approximate surface area is 134 Å². The summed E-state index contributed by atoms with van der Waals surface area (Å²) < 4.78 is 37.9. The van der Waals surface area contributed by atoms with E-state index in [4.69, 9.17) is 0 Å². The molecule has 1 aliphatic heterocycles. The van der Waals surface area contributed by atoms with E-state index in [0.717, 1.165) is 43.0 Å². The van der Waals surface area contributed by atoms with E-state index in [0.29, 0.717) is 19.6 Å². The number of aromatic nitrogens is 2. The van der Waals surface area contributed by atoms with Gasteiger partial charge in [-0.3, -0.25) is 4.90 Å². The third kappa shape index (κ3) is 3.76. The van der Waals surface area contributed by atoms with E-state index in [-0.39, 0.29) is 6.04 Å². The lowest BCUT2D eigenvalue weighted by Crippen LogP contribution is -2.54. The maximum absolute atomic E-state index is 12.6. The van der Waals surface area contributed by atoms with Gasteiger partial charge in [0.25, 0.3) is 0 Å². The lowest BCUT2D eigenvalue weighted by atomic mass is 9.95. The Hall–Kier alpha value is -1.37. The van der Waals surface area contributed by atoms with Crippen LogP contribution < -0.4 is 4.90 Å². The summed E-state index contributed by atoms with van der Waals surface area (Å²) in [6.45, 7) is 4.50. The molecule has 0 spiro atoms. The molecule has 1 aliphatic carbocycles. The first-order chi connectivity index (χ1) is 10.8. The molecule has 128 valence electrons. The SMILES string of the molecule is Cc1nc2c(c(N3CCN(CC(F)(F)F)C(C)C3)n1)CCCC2. The minimum absolute atomic E-state index is 0.139. The third-order valence-corrected chi connectivity index (χ3v) is 4.72. The molecule has 0 amide bonds. The Morgan fingerprint density at radius 2 is 1.87 bits per heavy atom. The highest BCUT2D eigenvalue weighted by Crippen LogP contribution is 2.30. The first-order valence-electron chi connectivity index (χ1n) is 8.25. The molecule has 1 saturated heterocycles. The van der Waals surface area contributed by atoms with Gasteiger partial charge in [-0.15, -0.1) is 0 Å². The Morgan fingerprint density at radius 3 is 2.57 bits per heavy atom. The number of fused-ring (bicyclic) bond motifs is 1. The highest BCUT2D eigenvalue weighted by molar-refractivity contribution is 5.51. The summed E-state index contributed by atoms with van der Waals surface area (Å²) in [7, 11) is 0. The van der Waals surface area contributed by atoms with Crippen molar-refractivity contribution in [3.8, 4) is 0 Å². The molecule has 2 heterocycles. The lowest BCUT2D eigenvalue weighted by molar-refractivity contribution is -0.150.